The molecule has 0 unspecified atom stereocenters. The fourth-order valence-electron chi connectivity index (χ4n) is 1.11. The van der Waals surface area contributed by atoms with Gasteiger partial charge in [-0.2, -0.15) is 0 Å². The average molecular weight is 258 g/mol. The first-order valence-corrected chi connectivity index (χ1v) is 4.44. The summed E-state index contributed by atoms with van der Waals surface area (Å²) in [4.78, 5) is 4.20. The van der Waals surface area contributed by atoms with E-state index in [1.807, 2.05) is 19.3 Å². The fourth-order valence-corrected chi connectivity index (χ4v) is 1.59. The number of aryl methyl sites for hydroxylation is 1. The average Bonchev–Trinajstić information content (AvgIpc) is 2.32. The summed E-state index contributed by atoms with van der Waals surface area (Å²) in [7, 11) is 0. The Labute approximate surface area is 78.4 Å². The maximum absolute atomic E-state index is 4.20. The molecular weight excluding hydrogens is 251 g/mol. The van der Waals surface area contributed by atoms with Crippen LogP contribution in [0.4, 0.5) is 0 Å². The molecule has 2 rings (SSSR count). The lowest BCUT2D eigenvalue weighted by Gasteiger charge is -1.95. The van der Waals surface area contributed by atoms with Crippen molar-refractivity contribution >= 4 is 28.1 Å². The van der Waals surface area contributed by atoms with Crippen LogP contribution in [0.25, 0.3) is 5.52 Å². The SMILES string of the molecule is Cc1ncc2cc(I)ccn12. The second-order valence-electron chi connectivity index (χ2n) is 2.45. The lowest BCUT2D eigenvalue weighted by atomic mass is 10.4. The summed E-state index contributed by atoms with van der Waals surface area (Å²) in [6, 6.07) is 4.18. The number of halogens is 1. The molecule has 2 aromatic heterocycles. The Morgan fingerprint density at radius 2 is 2.36 bits per heavy atom. The Balaban J connectivity index is 2.86. The van der Waals surface area contributed by atoms with Gasteiger partial charge in [0.05, 0.1) is 11.7 Å². The van der Waals surface area contributed by atoms with E-state index in [-0.39, 0.29) is 0 Å². The highest BCUT2D eigenvalue weighted by atomic mass is 127. The summed E-state index contributed by atoms with van der Waals surface area (Å²) < 4.78 is 3.32. The van der Waals surface area contributed by atoms with E-state index in [0.717, 1.165) is 11.3 Å². The summed E-state index contributed by atoms with van der Waals surface area (Å²) in [5.41, 5.74) is 1.16. The van der Waals surface area contributed by atoms with E-state index in [0.29, 0.717) is 0 Å². The zero-order valence-corrected chi connectivity index (χ0v) is 8.24. The molecule has 0 aromatic carbocycles. The topological polar surface area (TPSA) is 17.3 Å². The van der Waals surface area contributed by atoms with Crippen molar-refractivity contribution in [3.05, 3.63) is 33.9 Å². The number of pyridine rings is 1. The van der Waals surface area contributed by atoms with Crippen LogP contribution >= 0.6 is 22.6 Å². The number of nitrogens with zero attached hydrogens (tertiary/aromatic N) is 2. The van der Waals surface area contributed by atoms with Crippen LogP contribution in [-0.2, 0) is 0 Å². The molecule has 11 heavy (non-hydrogen) atoms. The maximum atomic E-state index is 4.20. The van der Waals surface area contributed by atoms with E-state index in [2.05, 4.69) is 44.1 Å². The molecule has 0 atom stereocenters. The molecule has 0 radical (unpaired) electrons. The van der Waals surface area contributed by atoms with Gasteiger partial charge in [-0.05, 0) is 41.6 Å². The third kappa shape index (κ3) is 1.13. The van der Waals surface area contributed by atoms with Crippen molar-refractivity contribution < 1.29 is 0 Å². The Hall–Kier alpha value is -0.580. The molecule has 2 nitrogen and oxygen atoms in total. The fraction of sp³-hybridized carbons (Fsp3) is 0.125. The molecule has 0 bridgehead atoms. The van der Waals surface area contributed by atoms with Gasteiger partial charge in [-0.25, -0.2) is 4.98 Å². The van der Waals surface area contributed by atoms with Gasteiger partial charge in [0.15, 0.2) is 0 Å². The first-order chi connectivity index (χ1) is 5.27. The number of rotatable bonds is 0. The molecule has 0 aliphatic carbocycles. The first-order valence-electron chi connectivity index (χ1n) is 3.36. The Bertz CT molecular complexity index is 392. The van der Waals surface area contributed by atoms with Crippen LogP contribution in [-0.4, -0.2) is 9.38 Å². The van der Waals surface area contributed by atoms with Gasteiger partial charge >= 0.3 is 0 Å². The van der Waals surface area contributed by atoms with Gasteiger partial charge in [0.2, 0.25) is 0 Å². The minimum atomic E-state index is 1.04. The van der Waals surface area contributed by atoms with E-state index >= 15 is 0 Å². The molecule has 2 heterocycles. The van der Waals surface area contributed by atoms with Crippen molar-refractivity contribution in [2.45, 2.75) is 6.92 Å². The third-order valence-corrected chi connectivity index (χ3v) is 2.35. The number of fused-ring (bicyclic) bond motifs is 1. The van der Waals surface area contributed by atoms with E-state index in [1.54, 1.807) is 0 Å². The Kier molecular flexibility index (Phi) is 1.60. The van der Waals surface area contributed by atoms with Crippen molar-refractivity contribution in [2.24, 2.45) is 0 Å². The molecule has 3 heteroatoms. The Morgan fingerprint density at radius 3 is 3.18 bits per heavy atom. The molecule has 0 N–H and O–H groups in total. The largest absolute Gasteiger partial charge is 0.304 e. The number of hydrogen-bond acceptors (Lipinski definition) is 1. The van der Waals surface area contributed by atoms with E-state index in [9.17, 15) is 0 Å². The molecule has 0 aliphatic rings. The minimum absolute atomic E-state index is 1.04. The van der Waals surface area contributed by atoms with E-state index in [4.69, 9.17) is 0 Å². The van der Waals surface area contributed by atoms with E-state index in [1.165, 1.54) is 3.57 Å². The van der Waals surface area contributed by atoms with Crippen molar-refractivity contribution in [3.63, 3.8) is 0 Å². The van der Waals surface area contributed by atoms with Crippen LogP contribution in [0.5, 0.6) is 0 Å². The highest BCUT2D eigenvalue weighted by molar-refractivity contribution is 14.1. The molecule has 0 saturated heterocycles. The minimum Gasteiger partial charge on any atom is -0.304 e. The summed E-state index contributed by atoms with van der Waals surface area (Å²) in [6.45, 7) is 2.00. The third-order valence-electron chi connectivity index (χ3n) is 1.68. The van der Waals surface area contributed by atoms with Gasteiger partial charge < -0.3 is 4.40 Å². The van der Waals surface area contributed by atoms with Gasteiger partial charge in [0.25, 0.3) is 0 Å². The molecule has 0 saturated carbocycles. The van der Waals surface area contributed by atoms with Gasteiger partial charge in [-0.1, -0.05) is 0 Å². The van der Waals surface area contributed by atoms with Gasteiger partial charge in [-0.15, -0.1) is 0 Å². The van der Waals surface area contributed by atoms with Crippen LogP contribution in [0, 0.1) is 10.5 Å². The van der Waals surface area contributed by atoms with Crippen LogP contribution in [0.1, 0.15) is 5.82 Å². The molecule has 0 amide bonds. The van der Waals surface area contributed by atoms with E-state index < -0.39 is 0 Å². The highest BCUT2D eigenvalue weighted by Crippen LogP contribution is 2.10. The highest BCUT2D eigenvalue weighted by Gasteiger charge is 1.96. The van der Waals surface area contributed by atoms with Crippen LogP contribution < -0.4 is 0 Å². The lowest BCUT2D eigenvalue weighted by Crippen LogP contribution is -1.86. The van der Waals surface area contributed by atoms with Gasteiger partial charge in [-0.3, -0.25) is 0 Å². The quantitative estimate of drug-likeness (QED) is 0.662. The summed E-state index contributed by atoms with van der Waals surface area (Å²) in [5, 5.41) is 0. The van der Waals surface area contributed by atoms with Crippen molar-refractivity contribution in [1.82, 2.24) is 9.38 Å². The molecule has 56 valence electrons. The lowest BCUT2D eigenvalue weighted by molar-refractivity contribution is 1.04. The van der Waals surface area contributed by atoms with Crippen molar-refractivity contribution in [1.29, 1.82) is 0 Å². The van der Waals surface area contributed by atoms with Crippen LogP contribution in [0.3, 0.4) is 0 Å². The smallest absolute Gasteiger partial charge is 0.110 e. The molecule has 2 aromatic rings. The van der Waals surface area contributed by atoms with Crippen molar-refractivity contribution in [2.75, 3.05) is 0 Å². The number of imidazole rings is 1. The van der Waals surface area contributed by atoms with Gasteiger partial charge in [0.1, 0.15) is 5.82 Å². The zero-order chi connectivity index (χ0) is 7.84. The predicted molar refractivity (Wildman–Crippen MR) is 52.6 cm³/mol. The summed E-state index contributed by atoms with van der Waals surface area (Å²) in [5.74, 6) is 1.04. The zero-order valence-electron chi connectivity index (χ0n) is 6.08. The molecule has 0 aliphatic heterocycles. The molecule has 0 fully saturated rings. The second-order valence-corrected chi connectivity index (χ2v) is 3.69. The van der Waals surface area contributed by atoms with Crippen molar-refractivity contribution in [3.8, 4) is 0 Å². The molecular formula is C8H7IN2. The normalized spacial score (nSPS) is 10.7. The second kappa shape index (κ2) is 2.48. The predicted octanol–water partition coefficient (Wildman–Crippen LogP) is 2.25. The standard InChI is InChI=1S/C8H7IN2/c1-6-10-5-8-4-7(9)2-3-11(6)8/h2-5H,1H3. The van der Waals surface area contributed by atoms with Gasteiger partial charge in [0, 0.05) is 9.77 Å². The first kappa shape index (κ1) is 7.09. The molecule has 0 spiro atoms. The van der Waals surface area contributed by atoms with Crippen LogP contribution in [0.15, 0.2) is 24.5 Å². The summed E-state index contributed by atoms with van der Waals surface area (Å²) >= 11 is 2.30. The number of hydrogen-bond donors (Lipinski definition) is 0. The Morgan fingerprint density at radius 1 is 1.55 bits per heavy atom. The number of aromatic nitrogens is 2. The summed E-state index contributed by atoms with van der Waals surface area (Å²) in [6.07, 6.45) is 3.93. The monoisotopic (exact) mass is 258 g/mol. The van der Waals surface area contributed by atoms with Crippen LogP contribution in [0.2, 0.25) is 0 Å². The maximum Gasteiger partial charge on any atom is 0.110 e.